The molecule has 8 heteroatoms. The molecule has 5 aromatic rings. The first-order valence-corrected chi connectivity index (χ1v) is 9.94. The number of nitrogens with one attached hydrogen (secondary N) is 1. The van der Waals surface area contributed by atoms with Crippen molar-refractivity contribution >= 4 is 38.6 Å². The van der Waals surface area contributed by atoms with Gasteiger partial charge in [0.05, 0.1) is 38.1 Å². The van der Waals surface area contributed by atoms with E-state index in [4.69, 9.17) is 8.94 Å². The van der Waals surface area contributed by atoms with Gasteiger partial charge in [-0.1, -0.05) is 17.3 Å². The molecule has 0 fully saturated rings. The number of aromatic nitrogens is 3. The van der Waals surface area contributed by atoms with Gasteiger partial charge in [-0.2, -0.15) is 0 Å². The molecule has 144 valence electrons. The molecule has 0 saturated heterocycles. The lowest BCUT2D eigenvalue weighted by molar-refractivity contribution is 0.0955. The molecule has 1 N–H and O–H groups in total. The number of amides is 1. The molecule has 1 amide bonds. The lowest BCUT2D eigenvalue weighted by Crippen LogP contribution is -2.26. The van der Waals surface area contributed by atoms with Gasteiger partial charge in [0.1, 0.15) is 5.69 Å². The summed E-state index contributed by atoms with van der Waals surface area (Å²) in [5.41, 5.74) is 2.90. The molecule has 0 saturated carbocycles. The van der Waals surface area contributed by atoms with Gasteiger partial charge in [0.25, 0.3) is 11.6 Å². The molecule has 5 rings (SSSR count). The van der Waals surface area contributed by atoms with E-state index in [-0.39, 0.29) is 5.91 Å². The zero-order valence-corrected chi connectivity index (χ0v) is 16.3. The van der Waals surface area contributed by atoms with Crippen LogP contribution in [0.5, 0.6) is 0 Å². The smallest absolute Gasteiger partial charge is 0.259 e. The average Bonchev–Trinajstić information content (AvgIpc) is 3.47. The lowest BCUT2D eigenvalue weighted by Gasteiger charge is -2.07. The zero-order valence-electron chi connectivity index (χ0n) is 15.5. The van der Waals surface area contributed by atoms with Gasteiger partial charge in [-0.15, -0.1) is 11.3 Å². The number of fused-ring (bicyclic) bond motifs is 2. The van der Waals surface area contributed by atoms with E-state index in [0.29, 0.717) is 46.8 Å². The maximum atomic E-state index is 12.9. The Balaban J connectivity index is 1.39. The Morgan fingerprint density at radius 3 is 2.90 bits per heavy atom. The number of thiazole rings is 1. The van der Waals surface area contributed by atoms with E-state index in [0.717, 1.165) is 15.2 Å². The van der Waals surface area contributed by atoms with E-state index in [9.17, 15) is 4.79 Å². The van der Waals surface area contributed by atoms with Gasteiger partial charge >= 0.3 is 0 Å². The van der Waals surface area contributed by atoms with Gasteiger partial charge in [-0.05, 0) is 37.3 Å². The van der Waals surface area contributed by atoms with Gasteiger partial charge in [-0.3, -0.25) is 4.79 Å². The minimum atomic E-state index is -0.211. The standard InChI is InChI=1S/C21H16N4O3S/c1-12-19-13(11-15(16-6-4-10-27-16)24-21(19)28-25-12)20(26)22-9-8-18-23-14-5-2-3-7-17(14)29-18/h2-7,10-11H,8-9H2,1H3,(H,22,26). The maximum Gasteiger partial charge on any atom is 0.259 e. The lowest BCUT2D eigenvalue weighted by atomic mass is 10.1. The van der Waals surface area contributed by atoms with Crippen LogP contribution < -0.4 is 5.32 Å². The van der Waals surface area contributed by atoms with E-state index < -0.39 is 0 Å². The molecule has 0 atom stereocenters. The van der Waals surface area contributed by atoms with Gasteiger partial charge in [-0.25, -0.2) is 9.97 Å². The monoisotopic (exact) mass is 404 g/mol. The molecule has 29 heavy (non-hydrogen) atoms. The van der Waals surface area contributed by atoms with Crippen molar-refractivity contribution in [3.63, 3.8) is 0 Å². The van der Waals surface area contributed by atoms with Gasteiger partial charge in [0, 0.05) is 13.0 Å². The van der Waals surface area contributed by atoms with Crippen molar-refractivity contribution < 1.29 is 13.7 Å². The third kappa shape index (κ3) is 3.27. The van der Waals surface area contributed by atoms with E-state index >= 15 is 0 Å². The van der Waals surface area contributed by atoms with Gasteiger partial charge in [0.2, 0.25) is 0 Å². The third-order valence-corrected chi connectivity index (χ3v) is 5.69. The predicted octanol–water partition coefficient (Wildman–Crippen LogP) is 4.37. The van der Waals surface area contributed by atoms with Crippen LogP contribution >= 0.6 is 11.3 Å². The summed E-state index contributed by atoms with van der Waals surface area (Å²) in [5.74, 6) is 0.349. The minimum Gasteiger partial charge on any atom is -0.463 e. The van der Waals surface area contributed by atoms with Crippen molar-refractivity contribution in [1.82, 2.24) is 20.4 Å². The molecule has 0 unspecified atom stereocenters. The highest BCUT2D eigenvalue weighted by Gasteiger charge is 2.20. The van der Waals surface area contributed by atoms with Crippen molar-refractivity contribution in [2.75, 3.05) is 6.54 Å². The summed E-state index contributed by atoms with van der Waals surface area (Å²) in [5, 5.41) is 8.53. The highest BCUT2D eigenvalue weighted by Crippen LogP contribution is 2.27. The van der Waals surface area contributed by atoms with Crippen LogP contribution in [-0.2, 0) is 6.42 Å². The molecule has 0 spiro atoms. The Bertz CT molecular complexity index is 1290. The molecule has 0 radical (unpaired) electrons. The van der Waals surface area contributed by atoms with Crippen LogP contribution in [-0.4, -0.2) is 27.6 Å². The number of hydrogen-bond donors (Lipinski definition) is 1. The van der Waals surface area contributed by atoms with E-state index in [1.165, 1.54) is 0 Å². The van der Waals surface area contributed by atoms with Crippen LogP contribution in [0.3, 0.4) is 0 Å². The zero-order chi connectivity index (χ0) is 19.8. The molecular weight excluding hydrogens is 388 g/mol. The van der Waals surface area contributed by atoms with Crippen molar-refractivity contribution in [2.24, 2.45) is 0 Å². The summed E-state index contributed by atoms with van der Waals surface area (Å²) >= 11 is 1.64. The molecule has 0 aliphatic rings. The Kier molecular flexibility index (Phi) is 4.33. The normalized spacial score (nSPS) is 11.3. The fourth-order valence-corrected chi connectivity index (χ4v) is 4.20. The van der Waals surface area contributed by atoms with E-state index in [2.05, 4.69) is 20.4 Å². The molecule has 4 heterocycles. The number of hydrogen-bond acceptors (Lipinski definition) is 7. The van der Waals surface area contributed by atoms with Crippen molar-refractivity contribution in [3.05, 3.63) is 65.0 Å². The number of pyridine rings is 1. The summed E-state index contributed by atoms with van der Waals surface area (Å²) in [4.78, 5) is 22.0. The van der Waals surface area contributed by atoms with Crippen LogP contribution in [0.1, 0.15) is 21.1 Å². The minimum absolute atomic E-state index is 0.211. The molecule has 0 aliphatic heterocycles. The van der Waals surface area contributed by atoms with Gasteiger partial charge in [0.15, 0.2) is 5.76 Å². The molecule has 1 aromatic carbocycles. The maximum absolute atomic E-state index is 12.9. The number of carbonyl (C=O) groups excluding carboxylic acids is 1. The largest absolute Gasteiger partial charge is 0.463 e. The second-order valence-corrected chi connectivity index (χ2v) is 7.68. The summed E-state index contributed by atoms with van der Waals surface area (Å²) in [6.07, 6.45) is 2.22. The van der Waals surface area contributed by atoms with E-state index in [1.54, 1.807) is 42.7 Å². The quantitative estimate of drug-likeness (QED) is 0.467. The summed E-state index contributed by atoms with van der Waals surface area (Å²) in [6.45, 7) is 2.26. The number of rotatable bonds is 5. The Morgan fingerprint density at radius 1 is 1.17 bits per heavy atom. The van der Waals surface area contributed by atoms with Crippen LogP contribution in [0.15, 0.2) is 57.7 Å². The molecule has 0 bridgehead atoms. The highest BCUT2D eigenvalue weighted by molar-refractivity contribution is 7.18. The van der Waals surface area contributed by atoms with Gasteiger partial charge < -0.3 is 14.3 Å². The Labute approximate surface area is 169 Å². The first-order valence-electron chi connectivity index (χ1n) is 9.12. The van der Waals surface area contributed by atoms with Crippen LogP contribution in [0.25, 0.3) is 32.8 Å². The summed E-state index contributed by atoms with van der Waals surface area (Å²) in [7, 11) is 0. The molecule has 7 nitrogen and oxygen atoms in total. The molecule has 4 aromatic heterocycles. The van der Waals surface area contributed by atoms with Crippen LogP contribution in [0.4, 0.5) is 0 Å². The number of carbonyl (C=O) groups is 1. The number of benzene rings is 1. The van der Waals surface area contributed by atoms with Crippen molar-refractivity contribution in [1.29, 1.82) is 0 Å². The first-order chi connectivity index (χ1) is 14.2. The number of nitrogens with zero attached hydrogens (tertiary/aromatic N) is 3. The third-order valence-electron chi connectivity index (χ3n) is 4.60. The van der Waals surface area contributed by atoms with Crippen molar-refractivity contribution in [2.45, 2.75) is 13.3 Å². The molecular formula is C21H16N4O3S. The second-order valence-electron chi connectivity index (χ2n) is 6.56. The first kappa shape index (κ1) is 17.6. The molecule has 0 aliphatic carbocycles. The fraction of sp³-hybridized carbons (Fsp3) is 0.143. The highest BCUT2D eigenvalue weighted by atomic mass is 32.1. The topological polar surface area (TPSA) is 94.0 Å². The number of furan rings is 1. The number of aryl methyl sites for hydroxylation is 1. The Morgan fingerprint density at radius 2 is 2.07 bits per heavy atom. The van der Waals surface area contributed by atoms with E-state index in [1.807, 2.05) is 24.3 Å². The van der Waals surface area contributed by atoms with Crippen molar-refractivity contribution in [3.8, 4) is 11.5 Å². The average molecular weight is 404 g/mol. The van der Waals surface area contributed by atoms with Crippen LogP contribution in [0.2, 0.25) is 0 Å². The fourth-order valence-electron chi connectivity index (χ4n) is 3.23. The second kappa shape index (κ2) is 7.14. The van der Waals surface area contributed by atoms with Crippen LogP contribution in [0, 0.1) is 6.92 Å². The predicted molar refractivity (Wildman–Crippen MR) is 110 cm³/mol. The SMILES string of the molecule is Cc1noc2nc(-c3ccco3)cc(C(=O)NCCc3nc4ccccc4s3)c12. The summed E-state index contributed by atoms with van der Waals surface area (Å²) in [6, 6.07) is 13.3. The Hall–Kier alpha value is -3.52. The number of para-hydroxylation sites is 1. The summed E-state index contributed by atoms with van der Waals surface area (Å²) < 4.78 is 11.9.